The highest BCUT2D eigenvalue weighted by Crippen LogP contribution is 2.27. The highest BCUT2D eigenvalue weighted by Gasteiger charge is 2.29. The maximum absolute atomic E-state index is 11.9. The Hall–Kier alpha value is -1.47. The van der Waals surface area contributed by atoms with Crippen molar-refractivity contribution in [3.63, 3.8) is 0 Å². The minimum atomic E-state index is -3.59. The quantitative estimate of drug-likeness (QED) is 0.776. The van der Waals surface area contributed by atoms with E-state index in [1.54, 1.807) is 12.1 Å². The number of rotatable bonds is 6. The lowest BCUT2D eigenvalue weighted by Gasteiger charge is -2.28. The Morgan fingerprint density at radius 1 is 1.40 bits per heavy atom. The summed E-state index contributed by atoms with van der Waals surface area (Å²) in [6, 6.07) is 3.15. The van der Waals surface area contributed by atoms with Crippen molar-refractivity contribution in [3.05, 3.63) is 30.1 Å². The molecule has 1 amide bonds. The molecule has 0 saturated carbocycles. The number of sulfonamides is 1. The van der Waals surface area contributed by atoms with E-state index in [1.165, 1.54) is 12.4 Å². The van der Waals surface area contributed by atoms with Crippen molar-refractivity contribution >= 4 is 15.9 Å². The van der Waals surface area contributed by atoms with Gasteiger partial charge in [-0.05, 0) is 23.5 Å². The van der Waals surface area contributed by atoms with Crippen LogP contribution in [0.3, 0.4) is 0 Å². The highest BCUT2D eigenvalue weighted by atomic mass is 32.2. The largest absolute Gasteiger partial charge is 0.274 e. The first-order chi connectivity index (χ1) is 9.14. The van der Waals surface area contributed by atoms with Crippen molar-refractivity contribution in [1.29, 1.82) is 0 Å². The molecule has 1 aromatic heterocycles. The fourth-order valence-corrected chi connectivity index (χ4v) is 3.02. The summed E-state index contributed by atoms with van der Waals surface area (Å²) in [5, 5.41) is 0. The first kappa shape index (κ1) is 16.6. The van der Waals surface area contributed by atoms with E-state index in [4.69, 9.17) is 0 Å². The van der Waals surface area contributed by atoms with Gasteiger partial charge in [-0.25, -0.2) is 8.42 Å². The van der Waals surface area contributed by atoms with Crippen LogP contribution in [0.4, 0.5) is 0 Å². The molecule has 1 rings (SSSR count). The molecule has 1 aromatic rings. The molecule has 0 radical (unpaired) electrons. The Labute approximate surface area is 120 Å². The van der Waals surface area contributed by atoms with Gasteiger partial charge < -0.3 is 0 Å². The number of pyridine rings is 1. The number of hydrogen-bond acceptors (Lipinski definition) is 4. The van der Waals surface area contributed by atoms with Crippen molar-refractivity contribution in [1.82, 2.24) is 15.2 Å². The van der Waals surface area contributed by atoms with Gasteiger partial charge in [-0.1, -0.05) is 27.7 Å². The van der Waals surface area contributed by atoms with Crippen LogP contribution < -0.4 is 10.3 Å². The van der Waals surface area contributed by atoms with Gasteiger partial charge in [-0.3, -0.25) is 15.2 Å². The normalized spacial score (nSPS) is 12.4. The van der Waals surface area contributed by atoms with Gasteiger partial charge in [0.1, 0.15) is 0 Å². The molecule has 0 aliphatic heterocycles. The molecule has 0 saturated heterocycles. The lowest BCUT2D eigenvalue weighted by Crippen LogP contribution is -2.45. The second kappa shape index (κ2) is 6.32. The van der Waals surface area contributed by atoms with Crippen LogP contribution in [0.1, 0.15) is 38.1 Å². The molecular weight excluding hydrogens is 278 g/mol. The van der Waals surface area contributed by atoms with E-state index < -0.39 is 15.9 Å². The van der Waals surface area contributed by atoms with E-state index >= 15 is 0 Å². The van der Waals surface area contributed by atoms with E-state index in [0.717, 1.165) is 0 Å². The Balaban J connectivity index is 2.63. The Morgan fingerprint density at radius 2 is 2.05 bits per heavy atom. The average molecular weight is 299 g/mol. The molecule has 0 aromatic carbocycles. The Kier molecular flexibility index (Phi) is 5.24. The summed E-state index contributed by atoms with van der Waals surface area (Å²) in [7, 11) is -3.59. The summed E-state index contributed by atoms with van der Waals surface area (Å²) in [5.41, 5.74) is 2.09. The molecule has 0 spiro atoms. The number of carbonyl (C=O) groups is 1. The number of nitrogens with zero attached hydrogens (tertiary/aromatic N) is 1. The average Bonchev–Trinajstić information content (AvgIpc) is 2.35. The lowest BCUT2D eigenvalue weighted by atomic mass is 9.83. The van der Waals surface area contributed by atoms with Crippen molar-refractivity contribution in [2.75, 3.05) is 5.75 Å². The van der Waals surface area contributed by atoms with Gasteiger partial charge in [0.15, 0.2) is 0 Å². The molecule has 20 heavy (non-hydrogen) atoms. The minimum absolute atomic E-state index is 0.0645. The summed E-state index contributed by atoms with van der Waals surface area (Å²) in [4.78, 5) is 17.6. The second-order valence-electron chi connectivity index (χ2n) is 5.70. The van der Waals surface area contributed by atoms with Crippen molar-refractivity contribution in [2.24, 2.45) is 11.3 Å². The van der Waals surface area contributed by atoms with E-state index in [2.05, 4.69) is 15.2 Å². The predicted octanol–water partition coefficient (Wildman–Crippen LogP) is 1.33. The molecule has 0 bridgehead atoms. The zero-order valence-corrected chi connectivity index (χ0v) is 13.0. The van der Waals surface area contributed by atoms with Gasteiger partial charge in [0.25, 0.3) is 5.91 Å². The van der Waals surface area contributed by atoms with Gasteiger partial charge in [0, 0.05) is 12.4 Å². The number of carbonyl (C=O) groups excluding carboxylic acids is 1. The highest BCUT2D eigenvalue weighted by molar-refractivity contribution is 7.89. The number of hydrazine groups is 1. The number of hydrogen-bond donors (Lipinski definition) is 2. The van der Waals surface area contributed by atoms with Crippen LogP contribution in [0.15, 0.2) is 24.5 Å². The first-order valence-corrected chi connectivity index (χ1v) is 7.99. The number of aromatic nitrogens is 1. The third-order valence-electron chi connectivity index (χ3n) is 3.37. The van der Waals surface area contributed by atoms with Crippen molar-refractivity contribution in [3.8, 4) is 0 Å². The van der Waals surface area contributed by atoms with Crippen LogP contribution in [0.5, 0.6) is 0 Å². The molecule has 0 fully saturated rings. The predicted molar refractivity (Wildman–Crippen MR) is 77.2 cm³/mol. The maximum atomic E-state index is 11.9. The van der Waals surface area contributed by atoms with E-state index in [1.807, 2.05) is 27.7 Å². The summed E-state index contributed by atoms with van der Waals surface area (Å²) in [6.45, 7) is 7.67. The lowest BCUT2D eigenvalue weighted by molar-refractivity contribution is 0.0944. The van der Waals surface area contributed by atoms with E-state index in [0.29, 0.717) is 5.56 Å². The van der Waals surface area contributed by atoms with Crippen LogP contribution in [0.2, 0.25) is 0 Å². The van der Waals surface area contributed by atoms with Crippen LogP contribution in [0.25, 0.3) is 0 Å². The summed E-state index contributed by atoms with van der Waals surface area (Å²) in [5.74, 6) is -0.400. The van der Waals surface area contributed by atoms with Gasteiger partial charge >= 0.3 is 0 Å². The third-order valence-corrected chi connectivity index (χ3v) is 4.91. The molecule has 0 unspecified atom stereocenters. The van der Waals surface area contributed by atoms with E-state index in [-0.39, 0.29) is 17.1 Å². The number of amides is 1. The minimum Gasteiger partial charge on any atom is -0.274 e. The molecule has 112 valence electrons. The SMILES string of the molecule is CC(C)C(C)(C)CS(=O)(=O)NNC(=O)c1cccnc1. The van der Waals surface area contributed by atoms with Gasteiger partial charge in [-0.2, -0.15) is 0 Å². The summed E-state index contributed by atoms with van der Waals surface area (Å²) < 4.78 is 23.9. The van der Waals surface area contributed by atoms with E-state index in [9.17, 15) is 13.2 Å². The van der Waals surface area contributed by atoms with Crippen LogP contribution in [-0.4, -0.2) is 25.1 Å². The molecular formula is C13H21N3O3S. The maximum Gasteiger partial charge on any atom is 0.267 e. The molecule has 6 nitrogen and oxygen atoms in total. The smallest absolute Gasteiger partial charge is 0.267 e. The fourth-order valence-electron chi connectivity index (χ4n) is 1.39. The molecule has 0 aliphatic rings. The van der Waals surface area contributed by atoms with Crippen molar-refractivity contribution in [2.45, 2.75) is 27.7 Å². The van der Waals surface area contributed by atoms with Crippen LogP contribution in [-0.2, 0) is 10.0 Å². The monoisotopic (exact) mass is 299 g/mol. The van der Waals surface area contributed by atoms with Crippen LogP contribution in [0, 0.1) is 11.3 Å². The fraction of sp³-hybridized carbons (Fsp3) is 0.538. The zero-order valence-electron chi connectivity index (χ0n) is 12.2. The zero-order chi connectivity index (χ0) is 15.4. The Bertz CT molecular complexity index is 553. The first-order valence-electron chi connectivity index (χ1n) is 6.34. The molecule has 0 atom stereocenters. The molecule has 1 heterocycles. The topological polar surface area (TPSA) is 88.2 Å². The summed E-state index contributed by atoms with van der Waals surface area (Å²) in [6.07, 6.45) is 2.90. The van der Waals surface area contributed by atoms with Gasteiger partial charge in [-0.15, -0.1) is 4.83 Å². The standard InChI is InChI=1S/C13H21N3O3S/c1-10(2)13(3,4)9-20(18,19)16-15-12(17)11-6-5-7-14-8-11/h5-8,10,16H,9H2,1-4H3,(H,15,17). The van der Waals surface area contributed by atoms with Crippen LogP contribution >= 0.6 is 0 Å². The molecule has 7 heteroatoms. The molecule has 0 aliphatic carbocycles. The summed E-state index contributed by atoms with van der Waals surface area (Å²) >= 11 is 0. The van der Waals surface area contributed by atoms with Crippen molar-refractivity contribution < 1.29 is 13.2 Å². The number of nitrogens with one attached hydrogen (secondary N) is 2. The third kappa shape index (κ3) is 4.90. The van der Waals surface area contributed by atoms with Gasteiger partial charge in [0.2, 0.25) is 10.0 Å². The van der Waals surface area contributed by atoms with Gasteiger partial charge in [0.05, 0.1) is 11.3 Å². The second-order valence-corrected chi connectivity index (χ2v) is 7.42. The Morgan fingerprint density at radius 3 is 2.55 bits per heavy atom. The molecule has 2 N–H and O–H groups in total.